The second-order valence-electron chi connectivity index (χ2n) is 5.88. The minimum Gasteiger partial charge on any atom is -0.480 e. The highest BCUT2D eigenvalue weighted by molar-refractivity contribution is 5.76. The first-order valence-electron chi connectivity index (χ1n) is 7.11. The van der Waals surface area contributed by atoms with Crippen molar-refractivity contribution < 1.29 is 9.90 Å². The van der Waals surface area contributed by atoms with Gasteiger partial charge in [0.05, 0.1) is 0 Å². The SMILES string of the molecule is CCC1Cc2ccc(CC(C)C)cc2C(C(=O)O)N1. The van der Waals surface area contributed by atoms with Crippen LogP contribution in [0.25, 0.3) is 0 Å². The quantitative estimate of drug-likeness (QED) is 0.876. The molecule has 0 spiro atoms. The summed E-state index contributed by atoms with van der Waals surface area (Å²) < 4.78 is 0. The van der Waals surface area contributed by atoms with Gasteiger partial charge in [-0.3, -0.25) is 10.1 Å². The Balaban J connectivity index is 2.35. The van der Waals surface area contributed by atoms with Gasteiger partial charge in [0.15, 0.2) is 0 Å². The topological polar surface area (TPSA) is 49.3 Å². The van der Waals surface area contributed by atoms with Crippen LogP contribution < -0.4 is 5.32 Å². The Morgan fingerprint density at radius 3 is 2.79 bits per heavy atom. The molecule has 0 bridgehead atoms. The van der Waals surface area contributed by atoms with Gasteiger partial charge in [-0.25, -0.2) is 0 Å². The van der Waals surface area contributed by atoms with E-state index in [1.54, 1.807) is 0 Å². The Morgan fingerprint density at radius 1 is 1.47 bits per heavy atom. The average Bonchev–Trinajstić information content (AvgIpc) is 2.36. The van der Waals surface area contributed by atoms with Crippen LogP contribution in [-0.4, -0.2) is 17.1 Å². The molecular weight excluding hydrogens is 238 g/mol. The van der Waals surface area contributed by atoms with E-state index < -0.39 is 12.0 Å². The minimum atomic E-state index is -0.777. The fraction of sp³-hybridized carbons (Fsp3) is 0.562. The van der Waals surface area contributed by atoms with Crippen molar-refractivity contribution in [1.29, 1.82) is 0 Å². The zero-order valence-electron chi connectivity index (χ0n) is 11.9. The van der Waals surface area contributed by atoms with Crippen molar-refractivity contribution in [2.45, 2.75) is 52.1 Å². The molecule has 19 heavy (non-hydrogen) atoms. The smallest absolute Gasteiger partial charge is 0.325 e. The first-order chi connectivity index (χ1) is 9.01. The number of carbonyl (C=O) groups is 1. The fourth-order valence-electron chi connectivity index (χ4n) is 2.81. The van der Waals surface area contributed by atoms with E-state index in [1.807, 2.05) is 0 Å². The Kier molecular flexibility index (Phi) is 4.25. The molecule has 0 saturated heterocycles. The molecule has 0 amide bonds. The highest BCUT2D eigenvalue weighted by Gasteiger charge is 2.30. The van der Waals surface area contributed by atoms with Crippen LogP contribution in [0.5, 0.6) is 0 Å². The van der Waals surface area contributed by atoms with Crippen LogP contribution in [0.4, 0.5) is 0 Å². The Bertz CT molecular complexity index is 468. The number of benzene rings is 1. The van der Waals surface area contributed by atoms with E-state index in [-0.39, 0.29) is 6.04 Å². The van der Waals surface area contributed by atoms with Gasteiger partial charge in [-0.2, -0.15) is 0 Å². The maximum atomic E-state index is 11.4. The van der Waals surface area contributed by atoms with E-state index in [0.717, 1.165) is 24.8 Å². The predicted octanol–water partition coefficient (Wildman–Crippen LogP) is 2.94. The maximum absolute atomic E-state index is 11.4. The van der Waals surface area contributed by atoms with Crippen molar-refractivity contribution >= 4 is 5.97 Å². The van der Waals surface area contributed by atoms with Crippen LogP contribution in [0.15, 0.2) is 18.2 Å². The molecule has 1 aromatic rings. The zero-order valence-corrected chi connectivity index (χ0v) is 11.9. The van der Waals surface area contributed by atoms with Crippen molar-refractivity contribution in [3.63, 3.8) is 0 Å². The molecule has 2 N–H and O–H groups in total. The molecule has 0 saturated carbocycles. The molecule has 3 nitrogen and oxygen atoms in total. The van der Waals surface area contributed by atoms with Crippen LogP contribution in [-0.2, 0) is 17.6 Å². The van der Waals surface area contributed by atoms with Gasteiger partial charge < -0.3 is 5.11 Å². The molecule has 0 aliphatic carbocycles. The van der Waals surface area contributed by atoms with E-state index in [1.165, 1.54) is 11.1 Å². The second-order valence-corrected chi connectivity index (χ2v) is 5.88. The summed E-state index contributed by atoms with van der Waals surface area (Å²) in [5, 5.41) is 12.6. The molecule has 0 fully saturated rings. The number of hydrogen-bond acceptors (Lipinski definition) is 2. The third-order valence-corrected chi connectivity index (χ3v) is 3.77. The lowest BCUT2D eigenvalue weighted by Gasteiger charge is -2.31. The van der Waals surface area contributed by atoms with Crippen molar-refractivity contribution in [2.75, 3.05) is 0 Å². The number of aliphatic carboxylic acids is 1. The normalized spacial score (nSPS) is 22.3. The molecule has 1 heterocycles. The molecule has 2 atom stereocenters. The lowest BCUT2D eigenvalue weighted by atomic mass is 9.87. The standard InChI is InChI=1S/C16H23NO2/c1-4-13-9-12-6-5-11(7-10(2)3)8-14(12)15(17-13)16(18)19/h5-6,8,10,13,15,17H,4,7,9H2,1-3H3,(H,18,19). The van der Waals surface area contributed by atoms with Crippen LogP contribution in [0.3, 0.4) is 0 Å². The molecule has 2 unspecified atom stereocenters. The van der Waals surface area contributed by atoms with Crippen molar-refractivity contribution in [3.8, 4) is 0 Å². The summed E-state index contributed by atoms with van der Waals surface area (Å²) in [4.78, 5) is 11.4. The Labute approximate surface area is 115 Å². The van der Waals surface area contributed by atoms with E-state index in [9.17, 15) is 9.90 Å². The number of carboxylic acid groups (broad SMARTS) is 1. The Hall–Kier alpha value is -1.35. The average molecular weight is 261 g/mol. The lowest BCUT2D eigenvalue weighted by Crippen LogP contribution is -2.42. The number of rotatable bonds is 4. The van der Waals surface area contributed by atoms with Crippen molar-refractivity contribution in [2.24, 2.45) is 5.92 Å². The molecular formula is C16H23NO2. The van der Waals surface area contributed by atoms with Gasteiger partial charge in [0.1, 0.15) is 6.04 Å². The van der Waals surface area contributed by atoms with Gasteiger partial charge in [0, 0.05) is 6.04 Å². The maximum Gasteiger partial charge on any atom is 0.325 e. The van der Waals surface area contributed by atoms with E-state index >= 15 is 0 Å². The van der Waals surface area contributed by atoms with Gasteiger partial charge >= 0.3 is 5.97 Å². The predicted molar refractivity (Wildman–Crippen MR) is 76.3 cm³/mol. The van der Waals surface area contributed by atoms with Crippen molar-refractivity contribution in [3.05, 3.63) is 34.9 Å². The molecule has 1 aliphatic heterocycles. The monoisotopic (exact) mass is 261 g/mol. The summed E-state index contributed by atoms with van der Waals surface area (Å²) in [5.74, 6) is -0.192. The van der Waals surface area contributed by atoms with Crippen LogP contribution in [0, 0.1) is 5.92 Å². The summed E-state index contributed by atoms with van der Waals surface area (Å²) in [6.45, 7) is 6.45. The molecule has 2 rings (SSSR count). The van der Waals surface area contributed by atoms with E-state index in [2.05, 4.69) is 44.3 Å². The third-order valence-electron chi connectivity index (χ3n) is 3.77. The fourth-order valence-corrected chi connectivity index (χ4v) is 2.81. The summed E-state index contributed by atoms with van der Waals surface area (Å²) >= 11 is 0. The molecule has 104 valence electrons. The van der Waals surface area contributed by atoms with Crippen LogP contribution in [0.1, 0.15) is 49.9 Å². The number of fused-ring (bicyclic) bond motifs is 1. The largest absolute Gasteiger partial charge is 0.480 e. The highest BCUT2D eigenvalue weighted by Crippen LogP contribution is 2.28. The molecule has 1 aliphatic rings. The van der Waals surface area contributed by atoms with Gasteiger partial charge in [0.2, 0.25) is 0 Å². The summed E-state index contributed by atoms with van der Waals surface area (Å²) in [5.41, 5.74) is 3.37. The first kappa shape index (κ1) is 14.1. The Morgan fingerprint density at radius 2 is 2.21 bits per heavy atom. The summed E-state index contributed by atoms with van der Waals surface area (Å²) in [6.07, 6.45) is 2.88. The second kappa shape index (κ2) is 5.74. The lowest BCUT2D eigenvalue weighted by molar-refractivity contribution is -0.140. The van der Waals surface area contributed by atoms with Gasteiger partial charge in [-0.05, 0) is 41.9 Å². The molecule has 3 heteroatoms. The third kappa shape index (κ3) is 3.16. The number of hydrogen-bond donors (Lipinski definition) is 2. The molecule has 1 aromatic carbocycles. The minimum absolute atomic E-state index is 0.268. The summed E-state index contributed by atoms with van der Waals surface area (Å²) in [7, 11) is 0. The highest BCUT2D eigenvalue weighted by atomic mass is 16.4. The molecule has 0 radical (unpaired) electrons. The van der Waals surface area contributed by atoms with Crippen molar-refractivity contribution in [1.82, 2.24) is 5.32 Å². The van der Waals surface area contributed by atoms with Gasteiger partial charge in [-0.1, -0.05) is 39.0 Å². The zero-order chi connectivity index (χ0) is 14.0. The van der Waals surface area contributed by atoms with Gasteiger partial charge in [0.25, 0.3) is 0 Å². The number of carboxylic acids is 1. The first-order valence-corrected chi connectivity index (χ1v) is 7.11. The van der Waals surface area contributed by atoms with E-state index in [4.69, 9.17) is 0 Å². The van der Waals surface area contributed by atoms with Crippen LogP contribution >= 0.6 is 0 Å². The van der Waals surface area contributed by atoms with Crippen LogP contribution in [0.2, 0.25) is 0 Å². The summed E-state index contributed by atoms with van der Waals surface area (Å²) in [6, 6.07) is 6.06. The van der Waals surface area contributed by atoms with Gasteiger partial charge in [-0.15, -0.1) is 0 Å². The number of nitrogens with one attached hydrogen (secondary N) is 1. The van der Waals surface area contributed by atoms with E-state index in [0.29, 0.717) is 5.92 Å². The molecule has 0 aromatic heterocycles.